The van der Waals surface area contributed by atoms with E-state index >= 15 is 0 Å². The Balaban J connectivity index is 2.31. The van der Waals surface area contributed by atoms with Crippen molar-refractivity contribution < 1.29 is 14.8 Å². The van der Waals surface area contributed by atoms with Gasteiger partial charge in [-0.25, -0.2) is 9.78 Å². The van der Waals surface area contributed by atoms with Crippen LogP contribution in [0.2, 0.25) is 0 Å². The minimum atomic E-state index is -1.16. The predicted octanol–water partition coefficient (Wildman–Crippen LogP) is 2.96. The van der Waals surface area contributed by atoms with Crippen molar-refractivity contribution in [3.8, 4) is 10.6 Å². The van der Waals surface area contributed by atoms with E-state index in [1.54, 1.807) is 11.7 Å². The Labute approximate surface area is 121 Å². The Morgan fingerprint density at radius 2 is 2.14 bits per heavy atom. The monoisotopic (exact) mass is 301 g/mol. The molecule has 0 spiro atoms. The van der Waals surface area contributed by atoms with E-state index in [0.717, 1.165) is 4.88 Å². The first-order valence-corrected chi connectivity index (χ1v) is 6.65. The molecule has 2 heterocycles. The van der Waals surface area contributed by atoms with Gasteiger partial charge < -0.3 is 5.11 Å². The van der Waals surface area contributed by atoms with Gasteiger partial charge in [0.15, 0.2) is 0 Å². The normalized spacial score (nSPS) is 10.7. The highest BCUT2D eigenvalue weighted by Crippen LogP contribution is 2.29. The van der Waals surface area contributed by atoms with Gasteiger partial charge in [0, 0.05) is 23.7 Å². The van der Waals surface area contributed by atoms with Gasteiger partial charge in [-0.3, -0.25) is 15.1 Å². The molecule has 1 N–H and O–H groups in total. The van der Waals surface area contributed by atoms with Gasteiger partial charge in [0.1, 0.15) is 0 Å². The molecule has 3 rings (SSSR count). The molecule has 0 radical (unpaired) electrons. The zero-order chi connectivity index (χ0) is 15.0. The number of nitro benzene ring substituents is 1. The average Bonchev–Trinajstić information content (AvgIpc) is 2.99. The van der Waals surface area contributed by atoms with E-state index < -0.39 is 10.9 Å². The number of non-ortho nitro benzene ring substituents is 1. The molecule has 0 amide bonds. The van der Waals surface area contributed by atoms with E-state index in [1.165, 1.54) is 35.6 Å². The van der Waals surface area contributed by atoms with E-state index in [0.29, 0.717) is 11.2 Å². The van der Waals surface area contributed by atoms with Crippen LogP contribution in [0.4, 0.5) is 5.69 Å². The summed E-state index contributed by atoms with van der Waals surface area (Å²) in [5, 5.41) is 20.4. The molecule has 104 valence electrons. The Morgan fingerprint density at radius 1 is 1.33 bits per heavy atom. The summed E-state index contributed by atoms with van der Waals surface area (Å²) in [4.78, 5) is 30.7. The lowest BCUT2D eigenvalue weighted by molar-refractivity contribution is -0.384. The van der Waals surface area contributed by atoms with Crippen molar-refractivity contribution in [1.29, 1.82) is 0 Å². The molecule has 7 nitrogen and oxygen atoms in total. The first-order chi connectivity index (χ1) is 10.1. The maximum atomic E-state index is 11.4. The van der Waals surface area contributed by atoms with Crippen LogP contribution >= 0.6 is 11.3 Å². The fraction of sp³-hybridized carbons (Fsp3) is 0. The molecular formula is C13H7N3O4S. The summed E-state index contributed by atoms with van der Waals surface area (Å²) in [6.07, 6.45) is 1.59. The molecule has 0 saturated carbocycles. The fourth-order valence-electron chi connectivity index (χ4n) is 1.97. The van der Waals surface area contributed by atoms with E-state index in [9.17, 15) is 20.0 Å². The maximum absolute atomic E-state index is 11.4. The number of carboxylic acids is 1. The second-order valence-electron chi connectivity index (χ2n) is 4.18. The summed E-state index contributed by atoms with van der Waals surface area (Å²) in [6.45, 7) is 0. The topological polar surface area (TPSA) is 106 Å². The molecular weight excluding hydrogens is 294 g/mol. The summed E-state index contributed by atoms with van der Waals surface area (Å²) in [7, 11) is 0. The Morgan fingerprint density at radius 3 is 2.76 bits per heavy atom. The third-order valence-corrected chi connectivity index (χ3v) is 3.71. The number of fused-ring (bicyclic) bond motifs is 1. The van der Waals surface area contributed by atoms with E-state index in [4.69, 9.17) is 0 Å². The third kappa shape index (κ3) is 2.32. The molecule has 0 aliphatic carbocycles. The first kappa shape index (κ1) is 13.1. The number of hydrogen-bond acceptors (Lipinski definition) is 6. The van der Waals surface area contributed by atoms with Crippen LogP contribution in [0.3, 0.4) is 0 Å². The van der Waals surface area contributed by atoms with Gasteiger partial charge in [0.25, 0.3) is 5.69 Å². The van der Waals surface area contributed by atoms with Crippen LogP contribution in [0, 0.1) is 10.1 Å². The van der Waals surface area contributed by atoms with Crippen molar-refractivity contribution in [1.82, 2.24) is 9.97 Å². The Kier molecular flexibility index (Phi) is 3.07. The Hall–Kier alpha value is -2.87. The maximum Gasteiger partial charge on any atom is 0.336 e. The standard InChI is InChI=1S/C13H7N3O4S/c17-13(18)9-4-11(12-5-14-6-21-12)15-10-2-1-7(16(19)20)3-8(9)10/h1-6H,(H,17,18). The summed E-state index contributed by atoms with van der Waals surface area (Å²) in [5.74, 6) is -1.16. The number of benzene rings is 1. The van der Waals surface area contributed by atoms with Gasteiger partial charge in [-0.1, -0.05) is 0 Å². The van der Waals surface area contributed by atoms with Crippen LogP contribution in [-0.4, -0.2) is 26.0 Å². The van der Waals surface area contributed by atoms with Crippen LogP contribution < -0.4 is 0 Å². The highest BCUT2D eigenvalue weighted by atomic mass is 32.1. The van der Waals surface area contributed by atoms with Crippen LogP contribution in [0.1, 0.15) is 10.4 Å². The largest absolute Gasteiger partial charge is 0.478 e. The molecule has 0 fully saturated rings. The number of carbonyl (C=O) groups is 1. The predicted molar refractivity (Wildman–Crippen MR) is 76.5 cm³/mol. The SMILES string of the molecule is O=C(O)c1cc(-c2cncs2)nc2ccc([N+](=O)[O-])cc12. The van der Waals surface area contributed by atoms with Crippen LogP contribution in [0.5, 0.6) is 0 Å². The molecule has 21 heavy (non-hydrogen) atoms. The smallest absolute Gasteiger partial charge is 0.336 e. The van der Waals surface area contributed by atoms with Crippen molar-refractivity contribution in [2.24, 2.45) is 0 Å². The summed E-state index contributed by atoms with van der Waals surface area (Å²) in [6, 6.07) is 5.38. The van der Waals surface area contributed by atoms with Gasteiger partial charge >= 0.3 is 5.97 Å². The highest BCUT2D eigenvalue weighted by Gasteiger charge is 2.16. The number of aromatic nitrogens is 2. The number of nitro groups is 1. The van der Waals surface area contributed by atoms with Gasteiger partial charge in [0.05, 0.1) is 32.1 Å². The van der Waals surface area contributed by atoms with Gasteiger partial charge in [-0.05, 0) is 12.1 Å². The summed E-state index contributed by atoms with van der Waals surface area (Å²) >= 11 is 1.34. The molecule has 0 aliphatic heterocycles. The fourth-order valence-corrected chi connectivity index (χ4v) is 2.56. The highest BCUT2D eigenvalue weighted by molar-refractivity contribution is 7.13. The number of rotatable bonds is 3. The van der Waals surface area contributed by atoms with Crippen LogP contribution in [0.15, 0.2) is 36.0 Å². The van der Waals surface area contributed by atoms with Gasteiger partial charge in [-0.2, -0.15) is 0 Å². The van der Waals surface area contributed by atoms with E-state index in [2.05, 4.69) is 9.97 Å². The van der Waals surface area contributed by atoms with Crippen molar-refractivity contribution in [2.45, 2.75) is 0 Å². The van der Waals surface area contributed by atoms with Crippen molar-refractivity contribution in [2.75, 3.05) is 0 Å². The average molecular weight is 301 g/mol. The lowest BCUT2D eigenvalue weighted by Gasteiger charge is -2.05. The number of hydrogen-bond donors (Lipinski definition) is 1. The molecule has 0 bridgehead atoms. The molecule has 0 unspecified atom stereocenters. The first-order valence-electron chi connectivity index (χ1n) is 5.77. The molecule has 0 atom stereocenters. The zero-order valence-corrected chi connectivity index (χ0v) is 11.2. The van der Waals surface area contributed by atoms with E-state index in [-0.39, 0.29) is 16.6 Å². The molecule has 1 aromatic carbocycles. The molecule has 2 aromatic heterocycles. The number of pyridine rings is 1. The minimum Gasteiger partial charge on any atom is -0.478 e. The molecule has 3 aromatic rings. The lowest BCUT2D eigenvalue weighted by atomic mass is 10.1. The van der Waals surface area contributed by atoms with Crippen molar-refractivity contribution >= 4 is 33.9 Å². The number of nitrogens with zero attached hydrogens (tertiary/aromatic N) is 3. The number of thiazole rings is 1. The number of carboxylic acid groups (broad SMARTS) is 1. The van der Waals surface area contributed by atoms with Crippen LogP contribution in [0.25, 0.3) is 21.5 Å². The lowest BCUT2D eigenvalue weighted by Crippen LogP contribution is -2.00. The van der Waals surface area contributed by atoms with Crippen molar-refractivity contribution in [3.63, 3.8) is 0 Å². The van der Waals surface area contributed by atoms with E-state index in [1.807, 2.05) is 0 Å². The summed E-state index contributed by atoms with van der Waals surface area (Å²) < 4.78 is 0. The third-order valence-electron chi connectivity index (χ3n) is 2.92. The minimum absolute atomic E-state index is 0.0212. The Bertz CT molecular complexity index is 861. The second-order valence-corrected chi connectivity index (χ2v) is 5.07. The second kappa shape index (κ2) is 4.91. The summed E-state index contributed by atoms with van der Waals surface area (Å²) in [5.41, 5.74) is 2.31. The quantitative estimate of drug-likeness (QED) is 0.588. The van der Waals surface area contributed by atoms with Crippen LogP contribution in [-0.2, 0) is 0 Å². The van der Waals surface area contributed by atoms with Gasteiger partial charge in [0.2, 0.25) is 0 Å². The van der Waals surface area contributed by atoms with Gasteiger partial charge in [-0.15, -0.1) is 11.3 Å². The molecule has 0 aliphatic rings. The zero-order valence-electron chi connectivity index (χ0n) is 10.4. The molecule has 8 heteroatoms. The molecule has 0 saturated heterocycles. The van der Waals surface area contributed by atoms with Crippen molar-refractivity contribution in [3.05, 3.63) is 51.7 Å². The number of aromatic carboxylic acids is 1.